The van der Waals surface area contributed by atoms with Crippen molar-refractivity contribution in [3.05, 3.63) is 62.1 Å². The first-order chi connectivity index (χ1) is 13.8. The van der Waals surface area contributed by atoms with Gasteiger partial charge in [0.1, 0.15) is 17.4 Å². The first-order valence-corrected chi connectivity index (χ1v) is 9.94. The Morgan fingerprint density at radius 2 is 2.03 bits per heavy atom. The summed E-state index contributed by atoms with van der Waals surface area (Å²) in [7, 11) is 0. The molecule has 146 valence electrons. The van der Waals surface area contributed by atoms with Gasteiger partial charge in [-0.05, 0) is 64.1 Å². The van der Waals surface area contributed by atoms with E-state index < -0.39 is 11.8 Å². The quantitative estimate of drug-likeness (QED) is 0.372. The Bertz CT molecular complexity index is 1110. The van der Waals surface area contributed by atoms with Crippen molar-refractivity contribution in [3.63, 3.8) is 0 Å². The molecule has 0 unspecified atom stereocenters. The third-order valence-corrected chi connectivity index (χ3v) is 5.55. The predicted octanol–water partition coefficient (Wildman–Crippen LogP) is 4.49. The Labute approximate surface area is 189 Å². The van der Waals surface area contributed by atoms with E-state index in [1.807, 2.05) is 6.07 Å². The van der Waals surface area contributed by atoms with Crippen LogP contribution in [0.1, 0.15) is 5.56 Å². The fourth-order valence-corrected chi connectivity index (χ4v) is 3.71. The number of nitriles is 1. The van der Waals surface area contributed by atoms with Crippen LogP contribution in [0.15, 0.2) is 46.4 Å². The van der Waals surface area contributed by atoms with Crippen molar-refractivity contribution in [1.82, 2.24) is 5.32 Å². The molecule has 1 aliphatic rings. The number of anilines is 1. The van der Waals surface area contributed by atoms with E-state index in [0.717, 1.165) is 4.90 Å². The second-order valence-corrected chi connectivity index (χ2v) is 7.69. The van der Waals surface area contributed by atoms with Gasteiger partial charge in [-0.25, -0.2) is 0 Å². The number of carbonyl (C=O) groups excluding carboxylic acids is 2. The average molecular weight is 511 g/mol. The molecular formula is C19H10BrCl2N3O3S. The van der Waals surface area contributed by atoms with Crippen molar-refractivity contribution < 1.29 is 14.3 Å². The van der Waals surface area contributed by atoms with Gasteiger partial charge in [0.15, 0.2) is 11.7 Å². The topological polar surface area (TPSA) is 82.4 Å². The van der Waals surface area contributed by atoms with Crippen molar-refractivity contribution in [2.45, 2.75) is 0 Å². The third-order valence-electron chi connectivity index (χ3n) is 3.83. The molecule has 2 aromatic carbocycles. The van der Waals surface area contributed by atoms with Crippen molar-refractivity contribution >= 4 is 80.0 Å². The number of thiocarbonyl (C=S) groups is 1. The normalized spacial score (nSPS) is 15.3. The fraction of sp³-hybridized carbons (Fsp3) is 0.0526. The lowest BCUT2D eigenvalue weighted by atomic mass is 10.1. The van der Waals surface area contributed by atoms with E-state index in [4.69, 9.17) is 45.4 Å². The van der Waals surface area contributed by atoms with Crippen LogP contribution in [0, 0.1) is 11.3 Å². The van der Waals surface area contributed by atoms with Crippen LogP contribution in [0.25, 0.3) is 6.08 Å². The molecule has 29 heavy (non-hydrogen) atoms. The highest BCUT2D eigenvalue weighted by atomic mass is 79.9. The minimum absolute atomic E-state index is 0.0947. The van der Waals surface area contributed by atoms with Crippen LogP contribution in [-0.2, 0) is 9.59 Å². The molecule has 0 saturated carbocycles. The zero-order valence-corrected chi connectivity index (χ0v) is 18.3. The van der Waals surface area contributed by atoms with Crippen LogP contribution in [0.2, 0.25) is 10.0 Å². The number of hydrogen-bond donors (Lipinski definition) is 1. The molecule has 1 fully saturated rings. The van der Waals surface area contributed by atoms with Crippen molar-refractivity contribution in [2.75, 3.05) is 11.5 Å². The van der Waals surface area contributed by atoms with Gasteiger partial charge < -0.3 is 4.74 Å². The van der Waals surface area contributed by atoms with Gasteiger partial charge in [-0.3, -0.25) is 19.8 Å². The summed E-state index contributed by atoms with van der Waals surface area (Å²) in [6, 6.07) is 11.6. The van der Waals surface area contributed by atoms with E-state index in [2.05, 4.69) is 21.2 Å². The van der Waals surface area contributed by atoms with Gasteiger partial charge in [0.2, 0.25) is 0 Å². The lowest BCUT2D eigenvalue weighted by Crippen LogP contribution is -2.54. The molecule has 2 amide bonds. The molecule has 1 heterocycles. The smallest absolute Gasteiger partial charge is 0.270 e. The first kappa shape index (κ1) is 21.3. The lowest BCUT2D eigenvalue weighted by molar-refractivity contribution is -0.122. The summed E-state index contributed by atoms with van der Waals surface area (Å²) in [5, 5.41) is 11.4. The number of benzene rings is 2. The molecular weight excluding hydrogens is 501 g/mol. The van der Waals surface area contributed by atoms with Crippen LogP contribution in [0.4, 0.5) is 5.69 Å². The molecule has 0 bridgehead atoms. The number of rotatable bonds is 4. The van der Waals surface area contributed by atoms with Gasteiger partial charge in [0.25, 0.3) is 11.8 Å². The molecule has 0 aliphatic carbocycles. The van der Waals surface area contributed by atoms with Crippen LogP contribution in [-0.4, -0.2) is 23.5 Å². The van der Waals surface area contributed by atoms with E-state index >= 15 is 0 Å². The fourth-order valence-electron chi connectivity index (χ4n) is 2.54. The largest absolute Gasteiger partial charge is 0.478 e. The average Bonchev–Trinajstić information content (AvgIpc) is 2.67. The van der Waals surface area contributed by atoms with Gasteiger partial charge in [-0.1, -0.05) is 35.3 Å². The van der Waals surface area contributed by atoms with E-state index in [9.17, 15) is 9.59 Å². The molecule has 1 N–H and O–H groups in total. The molecule has 1 saturated heterocycles. The molecule has 0 radical (unpaired) electrons. The molecule has 0 aromatic heterocycles. The Balaban J connectivity index is 1.99. The van der Waals surface area contributed by atoms with Gasteiger partial charge in [-0.2, -0.15) is 5.26 Å². The summed E-state index contributed by atoms with van der Waals surface area (Å²) < 4.78 is 5.82. The van der Waals surface area contributed by atoms with E-state index in [1.54, 1.807) is 36.4 Å². The zero-order valence-electron chi connectivity index (χ0n) is 14.4. The van der Waals surface area contributed by atoms with Crippen molar-refractivity contribution in [1.29, 1.82) is 5.26 Å². The standard InChI is InChI=1S/C19H10BrCl2N3O3S/c20-12-9-10(4-5-15(12)28-7-6-23)8-11-17(26)24-19(29)25(18(11)27)14-3-1-2-13(21)16(14)22/h1-5,8-9H,7H2,(H,24,26,29)/b11-8+. The number of carbonyl (C=O) groups is 2. The van der Waals surface area contributed by atoms with Crippen LogP contribution in [0.3, 0.4) is 0 Å². The number of nitrogens with zero attached hydrogens (tertiary/aromatic N) is 2. The zero-order chi connectivity index (χ0) is 21.1. The number of amides is 2. The van der Waals surface area contributed by atoms with Crippen LogP contribution < -0.4 is 15.0 Å². The van der Waals surface area contributed by atoms with Crippen molar-refractivity contribution in [3.8, 4) is 11.8 Å². The molecule has 3 rings (SSSR count). The summed E-state index contributed by atoms with van der Waals surface area (Å²) in [5.74, 6) is -0.805. The molecule has 6 nitrogen and oxygen atoms in total. The Kier molecular flexibility index (Phi) is 6.55. The summed E-state index contributed by atoms with van der Waals surface area (Å²) in [5.41, 5.74) is 0.693. The summed E-state index contributed by atoms with van der Waals surface area (Å²) in [6.45, 7) is -0.104. The summed E-state index contributed by atoms with van der Waals surface area (Å²) in [6.07, 6.45) is 1.42. The van der Waals surface area contributed by atoms with Crippen LogP contribution >= 0.6 is 51.3 Å². The van der Waals surface area contributed by atoms with Gasteiger partial charge in [0.05, 0.1) is 20.2 Å². The second kappa shape index (κ2) is 8.93. The van der Waals surface area contributed by atoms with Gasteiger partial charge in [0, 0.05) is 0 Å². The molecule has 0 atom stereocenters. The van der Waals surface area contributed by atoms with E-state index in [-0.39, 0.29) is 33.0 Å². The minimum Gasteiger partial charge on any atom is -0.478 e. The third kappa shape index (κ3) is 4.43. The first-order valence-electron chi connectivity index (χ1n) is 7.98. The second-order valence-electron chi connectivity index (χ2n) is 5.67. The van der Waals surface area contributed by atoms with Crippen LogP contribution in [0.5, 0.6) is 5.75 Å². The monoisotopic (exact) mass is 509 g/mol. The molecule has 2 aromatic rings. The SMILES string of the molecule is N#CCOc1ccc(/C=C2\C(=O)NC(=S)N(c3cccc(Cl)c3Cl)C2=O)cc1Br. The Hall–Kier alpha value is -2.44. The highest BCUT2D eigenvalue weighted by Crippen LogP contribution is 2.34. The van der Waals surface area contributed by atoms with E-state index in [1.165, 1.54) is 6.08 Å². The maximum atomic E-state index is 13.0. The highest BCUT2D eigenvalue weighted by molar-refractivity contribution is 9.10. The Morgan fingerprint density at radius 3 is 2.72 bits per heavy atom. The van der Waals surface area contributed by atoms with Gasteiger partial charge in [-0.15, -0.1) is 0 Å². The number of halogens is 3. The minimum atomic E-state index is -0.635. The Morgan fingerprint density at radius 1 is 1.28 bits per heavy atom. The lowest BCUT2D eigenvalue weighted by Gasteiger charge is -2.29. The van der Waals surface area contributed by atoms with E-state index in [0.29, 0.717) is 15.8 Å². The summed E-state index contributed by atoms with van der Waals surface area (Å²) in [4.78, 5) is 26.6. The maximum absolute atomic E-state index is 13.0. The van der Waals surface area contributed by atoms with Gasteiger partial charge >= 0.3 is 0 Å². The molecule has 0 spiro atoms. The number of ether oxygens (including phenoxy) is 1. The number of hydrogen-bond acceptors (Lipinski definition) is 5. The summed E-state index contributed by atoms with van der Waals surface area (Å²) >= 11 is 20.8. The predicted molar refractivity (Wildman–Crippen MR) is 118 cm³/mol. The maximum Gasteiger partial charge on any atom is 0.270 e. The highest BCUT2D eigenvalue weighted by Gasteiger charge is 2.35. The number of nitrogens with one attached hydrogen (secondary N) is 1. The van der Waals surface area contributed by atoms with Crippen molar-refractivity contribution in [2.24, 2.45) is 0 Å². The molecule has 1 aliphatic heterocycles. The molecule has 10 heteroatoms.